The fraction of sp³-hybridized carbons (Fsp3) is 0.714. The van der Waals surface area contributed by atoms with E-state index in [0.29, 0.717) is 58.0 Å². The Labute approximate surface area is 397 Å². The number of hydrogen-bond acceptors (Lipinski definition) is 15. The quantitative estimate of drug-likeness (QED) is 0.0483. The number of amides is 1. The molecule has 0 radical (unpaired) electrons. The molecule has 1 amide bonds. The predicted molar refractivity (Wildman–Crippen MR) is 267 cm³/mol. The molecule has 3 heterocycles. The Balaban J connectivity index is 0.00000160. The number of carbonyl (C=O) groups is 4. The minimum Gasteiger partial charge on any atom is -0.496 e. The molecule has 0 spiro atoms. The molecule has 17 heteroatoms. The third-order valence-corrected chi connectivity index (χ3v) is 11.0. The number of anilines is 3. The fourth-order valence-electron chi connectivity index (χ4n) is 7.35. The number of aldehydes is 2. The minimum absolute atomic E-state index is 0.132. The van der Waals surface area contributed by atoms with Crippen LogP contribution in [0.5, 0.6) is 5.75 Å². The summed E-state index contributed by atoms with van der Waals surface area (Å²) in [6.45, 7) is 24.3. The van der Waals surface area contributed by atoms with Crippen molar-refractivity contribution < 1.29 is 38.5 Å². The average Bonchev–Trinajstić information content (AvgIpc) is 3.74. The number of nitrogens with zero attached hydrogens (tertiary/aromatic N) is 5. The van der Waals surface area contributed by atoms with Crippen LogP contribution in [0.3, 0.4) is 0 Å². The molecule has 2 aromatic rings. The summed E-state index contributed by atoms with van der Waals surface area (Å²) in [5.41, 5.74) is 10.4. The van der Waals surface area contributed by atoms with Gasteiger partial charge in [-0.15, -0.1) is 0 Å². The van der Waals surface area contributed by atoms with Crippen molar-refractivity contribution in [1.29, 1.82) is 0 Å². The molecule has 6 N–H and O–H groups in total. The summed E-state index contributed by atoms with van der Waals surface area (Å²) in [5.74, 6) is 0.976. The number of nitrogens with one attached hydrogen (secondary N) is 3. The first-order chi connectivity index (χ1) is 32.1. The molecule has 1 atom stereocenters. The Kier molecular flexibility index (Phi) is 37.1. The highest BCUT2D eigenvalue weighted by Gasteiger charge is 2.28. The highest BCUT2D eigenvalue weighted by molar-refractivity contribution is 5.76. The van der Waals surface area contributed by atoms with Crippen LogP contribution < -0.4 is 31.3 Å². The van der Waals surface area contributed by atoms with Gasteiger partial charge in [-0.3, -0.25) is 14.5 Å². The summed E-state index contributed by atoms with van der Waals surface area (Å²) in [4.78, 5) is 58.8. The predicted octanol–water partition coefficient (Wildman–Crippen LogP) is 6.08. The van der Waals surface area contributed by atoms with E-state index in [1.54, 1.807) is 7.11 Å². The number of benzene rings is 1. The SMILES string of the molecule is CC.CC.CCC(CC)C(CC=O)C(=O)O.CCCCCNc1nc(N)nc2c1N(Cc1ccc(CN3CCN(C(=O)CCOCCOCCNC)CC3)cc1OC)CC2.CNCCC=O. The van der Waals surface area contributed by atoms with E-state index in [1.165, 1.54) is 18.4 Å². The second-order valence-corrected chi connectivity index (χ2v) is 15.4. The molecule has 0 aliphatic carbocycles. The Hall–Kier alpha value is -4.42. The standard InChI is InChI=1S/C32H52N8O4.C9H16O3.C4H9NO.2C2H6/c1-4-5-6-11-35-31-30-27(36-32(33)37-31)9-13-40(30)24-26-8-7-25(22-28(26)42-3)23-38-14-16-39(17-15-38)29(41)10-18-43-20-21-44-19-12-34-2;1-3-7(4-2)8(5-6-10)9(11)12;1-5-3-2-4-6;2*1-2/h7-8,22,34H,4-6,9-21,23-24H2,1-3H3,(H3,33,35,36,37);6-8H,3-5H2,1-2H3,(H,11,12);4-5H,2-3H2,1H3;2*1-2H3. The number of likely N-dealkylation sites (N-methyl/N-ethyl adjacent to an activating group) is 1. The molecule has 378 valence electrons. The Morgan fingerprint density at radius 1 is 0.848 bits per heavy atom. The van der Waals surface area contributed by atoms with Gasteiger partial charge in [0, 0.05) is 90.3 Å². The van der Waals surface area contributed by atoms with Crippen molar-refractivity contribution in [2.75, 3.05) is 116 Å². The highest BCUT2D eigenvalue weighted by atomic mass is 16.5. The van der Waals surface area contributed by atoms with Gasteiger partial charge in [0.2, 0.25) is 11.9 Å². The summed E-state index contributed by atoms with van der Waals surface area (Å²) >= 11 is 0. The third kappa shape index (κ3) is 24.4. The largest absolute Gasteiger partial charge is 0.496 e. The van der Waals surface area contributed by atoms with Crippen molar-refractivity contribution in [3.8, 4) is 5.75 Å². The first-order valence-corrected chi connectivity index (χ1v) is 24.5. The van der Waals surface area contributed by atoms with E-state index in [-0.39, 0.29) is 18.2 Å². The average molecular weight is 932 g/mol. The minimum atomic E-state index is -0.851. The number of rotatable bonds is 28. The molecule has 17 nitrogen and oxygen atoms in total. The van der Waals surface area contributed by atoms with Crippen LogP contribution in [0.2, 0.25) is 0 Å². The Bertz CT molecular complexity index is 1580. The second kappa shape index (κ2) is 39.7. The Morgan fingerprint density at radius 3 is 2.08 bits per heavy atom. The number of carboxylic acid groups (broad SMARTS) is 1. The van der Waals surface area contributed by atoms with Gasteiger partial charge in [-0.05, 0) is 38.1 Å². The lowest BCUT2D eigenvalue weighted by molar-refractivity contribution is -0.145. The van der Waals surface area contributed by atoms with Gasteiger partial charge < -0.3 is 60.4 Å². The molecule has 1 aromatic carbocycles. The number of aliphatic carboxylic acids is 1. The van der Waals surface area contributed by atoms with Crippen molar-refractivity contribution in [2.45, 2.75) is 119 Å². The van der Waals surface area contributed by atoms with E-state index in [1.807, 2.05) is 60.5 Å². The molecular weight excluding hydrogens is 843 g/mol. The van der Waals surface area contributed by atoms with Crippen molar-refractivity contribution in [2.24, 2.45) is 11.8 Å². The number of aromatic nitrogens is 2. The lowest BCUT2D eigenvalue weighted by Gasteiger charge is -2.35. The van der Waals surface area contributed by atoms with Crippen LogP contribution in [-0.2, 0) is 48.2 Å². The maximum absolute atomic E-state index is 12.6. The number of carbonyl (C=O) groups excluding carboxylic acids is 3. The van der Waals surface area contributed by atoms with E-state index < -0.39 is 11.9 Å². The van der Waals surface area contributed by atoms with E-state index in [4.69, 9.17) is 25.1 Å². The van der Waals surface area contributed by atoms with Crippen LogP contribution in [0.15, 0.2) is 18.2 Å². The smallest absolute Gasteiger partial charge is 0.307 e. The lowest BCUT2D eigenvalue weighted by Crippen LogP contribution is -2.48. The molecule has 1 unspecified atom stereocenters. The summed E-state index contributed by atoms with van der Waals surface area (Å²) in [7, 11) is 5.45. The van der Waals surface area contributed by atoms with Crippen LogP contribution in [0.25, 0.3) is 0 Å². The van der Waals surface area contributed by atoms with Gasteiger partial charge in [0.25, 0.3) is 0 Å². The fourth-order valence-corrected chi connectivity index (χ4v) is 7.35. The van der Waals surface area contributed by atoms with Gasteiger partial charge in [-0.1, -0.05) is 86.3 Å². The monoisotopic (exact) mass is 932 g/mol. The number of hydrogen-bond donors (Lipinski definition) is 5. The number of nitrogen functional groups attached to an aromatic ring is 1. The van der Waals surface area contributed by atoms with Gasteiger partial charge in [0.1, 0.15) is 24.0 Å². The number of ether oxygens (including phenoxy) is 3. The molecule has 0 saturated carbocycles. The topological polar surface area (TPSA) is 214 Å². The van der Waals surface area contributed by atoms with Crippen molar-refractivity contribution in [1.82, 2.24) is 30.4 Å². The number of nitrogens with two attached hydrogens (primary N) is 1. The van der Waals surface area contributed by atoms with E-state index in [2.05, 4.69) is 60.8 Å². The van der Waals surface area contributed by atoms with Crippen LogP contribution in [0.4, 0.5) is 17.5 Å². The maximum Gasteiger partial charge on any atom is 0.307 e. The second-order valence-electron chi connectivity index (χ2n) is 15.4. The summed E-state index contributed by atoms with van der Waals surface area (Å²) in [5, 5.41) is 18.2. The third-order valence-electron chi connectivity index (χ3n) is 11.0. The first-order valence-electron chi connectivity index (χ1n) is 24.5. The zero-order chi connectivity index (χ0) is 49.5. The van der Waals surface area contributed by atoms with Crippen molar-refractivity contribution >= 4 is 41.9 Å². The molecule has 2 aliphatic rings. The molecular formula is C49H89N9O8. The van der Waals surface area contributed by atoms with E-state index in [9.17, 15) is 19.2 Å². The number of fused-ring (bicyclic) bond motifs is 1. The molecule has 1 fully saturated rings. The highest BCUT2D eigenvalue weighted by Crippen LogP contribution is 2.36. The Morgan fingerprint density at radius 2 is 1.52 bits per heavy atom. The molecule has 66 heavy (non-hydrogen) atoms. The zero-order valence-corrected chi connectivity index (χ0v) is 42.4. The normalized spacial score (nSPS) is 13.3. The van der Waals surface area contributed by atoms with Crippen LogP contribution in [0, 0.1) is 11.8 Å². The molecule has 1 saturated heterocycles. The van der Waals surface area contributed by atoms with Crippen molar-refractivity contribution in [3.05, 3.63) is 35.0 Å². The lowest BCUT2D eigenvalue weighted by atomic mass is 9.86. The van der Waals surface area contributed by atoms with Gasteiger partial charge in [-0.25, -0.2) is 4.98 Å². The number of unbranched alkanes of at least 4 members (excludes halogenated alkanes) is 2. The maximum atomic E-state index is 12.6. The van der Waals surface area contributed by atoms with Gasteiger partial charge in [0.15, 0.2) is 5.82 Å². The molecule has 0 bridgehead atoms. The van der Waals surface area contributed by atoms with Gasteiger partial charge in [0.05, 0.1) is 51.6 Å². The van der Waals surface area contributed by atoms with Crippen LogP contribution >= 0.6 is 0 Å². The number of methoxy groups -OCH3 is 1. The van der Waals surface area contributed by atoms with E-state index in [0.717, 1.165) is 119 Å². The number of piperazine rings is 1. The van der Waals surface area contributed by atoms with Gasteiger partial charge >= 0.3 is 5.97 Å². The molecule has 1 aromatic heterocycles. The van der Waals surface area contributed by atoms with Crippen molar-refractivity contribution in [3.63, 3.8) is 0 Å². The van der Waals surface area contributed by atoms with Gasteiger partial charge in [-0.2, -0.15) is 4.98 Å². The summed E-state index contributed by atoms with van der Waals surface area (Å²) < 4.78 is 16.9. The molecule has 4 rings (SSSR count). The van der Waals surface area contributed by atoms with E-state index >= 15 is 0 Å². The number of carboxylic acids is 1. The first kappa shape index (κ1) is 61.6. The summed E-state index contributed by atoms with van der Waals surface area (Å²) in [6.07, 6.45) is 8.70. The van der Waals surface area contributed by atoms with Crippen LogP contribution in [0.1, 0.15) is 117 Å². The summed E-state index contributed by atoms with van der Waals surface area (Å²) in [6, 6.07) is 6.51. The van der Waals surface area contributed by atoms with Crippen LogP contribution in [-0.4, -0.2) is 149 Å². The zero-order valence-electron chi connectivity index (χ0n) is 42.4. The molecule has 2 aliphatic heterocycles.